The number of benzene rings is 2. The zero-order chi connectivity index (χ0) is 18.6. The van der Waals surface area contributed by atoms with Gasteiger partial charge in [-0.25, -0.2) is 0 Å². The molecule has 146 valence electrons. The van der Waals surface area contributed by atoms with Gasteiger partial charge in [0.1, 0.15) is 0 Å². The van der Waals surface area contributed by atoms with E-state index in [1.165, 1.54) is 76.7 Å². The van der Waals surface area contributed by atoms with Crippen LogP contribution >= 0.6 is 0 Å². The molecule has 2 atom stereocenters. The van der Waals surface area contributed by atoms with Crippen molar-refractivity contribution in [2.24, 2.45) is 0 Å². The van der Waals surface area contributed by atoms with Crippen LogP contribution in [0.3, 0.4) is 0 Å². The smallest absolute Gasteiger partial charge is 0.0443 e. The van der Waals surface area contributed by atoms with Crippen LogP contribution in [0.5, 0.6) is 0 Å². The molecule has 0 aromatic heterocycles. The predicted octanol–water partition coefficient (Wildman–Crippen LogP) is 5.69. The van der Waals surface area contributed by atoms with Crippen molar-refractivity contribution in [2.75, 3.05) is 24.5 Å². The average molecular weight is 373 g/mol. The van der Waals surface area contributed by atoms with E-state index in [0.29, 0.717) is 11.6 Å². The van der Waals surface area contributed by atoms with Crippen molar-refractivity contribution in [2.45, 2.75) is 68.9 Å². The van der Waals surface area contributed by atoms with E-state index in [2.05, 4.69) is 58.3 Å². The summed E-state index contributed by atoms with van der Waals surface area (Å²) < 4.78 is 0. The van der Waals surface area contributed by atoms with E-state index in [4.69, 9.17) is 0 Å². The Morgan fingerprint density at radius 2 is 1.61 bits per heavy atom. The SMILES string of the molecule is c1ccc(N2CCC23CCN(C2CCC4CCCc5cccc2c54)CC3)cc1. The number of nitrogens with zero attached hydrogens (tertiary/aromatic N) is 2. The molecule has 2 aromatic rings. The van der Waals surface area contributed by atoms with E-state index >= 15 is 0 Å². The fourth-order valence-electron chi connectivity index (χ4n) is 6.83. The lowest BCUT2D eigenvalue weighted by atomic mass is 9.70. The van der Waals surface area contributed by atoms with Gasteiger partial charge in [0.25, 0.3) is 0 Å². The second-order valence-corrected chi connectivity index (χ2v) is 9.60. The molecule has 2 aliphatic carbocycles. The summed E-state index contributed by atoms with van der Waals surface area (Å²) in [6.07, 6.45) is 10.9. The summed E-state index contributed by atoms with van der Waals surface area (Å²) in [7, 11) is 0. The Morgan fingerprint density at radius 3 is 2.39 bits per heavy atom. The monoisotopic (exact) mass is 372 g/mol. The van der Waals surface area contributed by atoms with Gasteiger partial charge in [0.05, 0.1) is 0 Å². The number of likely N-dealkylation sites (tertiary alicyclic amines) is 1. The molecule has 0 radical (unpaired) electrons. The van der Waals surface area contributed by atoms with E-state index in [9.17, 15) is 0 Å². The fraction of sp³-hybridized carbons (Fsp3) is 0.538. The van der Waals surface area contributed by atoms with E-state index in [1.54, 1.807) is 16.7 Å². The topological polar surface area (TPSA) is 6.48 Å². The van der Waals surface area contributed by atoms with Gasteiger partial charge in [0.2, 0.25) is 0 Å². The Balaban J connectivity index is 1.22. The van der Waals surface area contributed by atoms with Gasteiger partial charge in [-0.3, -0.25) is 4.90 Å². The lowest BCUT2D eigenvalue weighted by Crippen LogP contribution is -2.64. The molecule has 2 aromatic carbocycles. The molecule has 0 amide bonds. The second-order valence-electron chi connectivity index (χ2n) is 9.60. The first-order valence-corrected chi connectivity index (χ1v) is 11.5. The molecule has 2 heteroatoms. The van der Waals surface area contributed by atoms with E-state index in [-0.39, 0.29) is 0 Å². The molecule has 6 rings (SSSR count). The Hall–Kier alpha value is -1.80. The number of piperidine rings is 1. The average Bonchev–Trinajstić information content (AvgIpc) is 2.75. The number of anilines is 1. The maximum atomic E-state index is 2.84. The van der Waals surface area contributed by atoms with Crippen LogP contribution in [0.4, 0.5) is 5.69 Å². The lowest BCUT2D eigenvalue weighted by molar-refractivity contribution is 0.0753. The Bertz CT molecular complexity index is 850. The van der Waals surface area contributed by atoms with Crippen molar-refractivity contribution in [1.82, 2.24) is 4.90 Å². The number of para-hydroxylation sites is 1. The molecular formula is C26H32N2. The number of hydrogen-bond donors (Lipinski definition) is 0. The largest absolute Gasteiger partial charge is 0.366 e. The maximum Gasteiger partial charge on any atom is 0.0443 e. The first-order valence-electron chi connectivity index (χ1n) is 11.5. The molecule has 4 aliphatic rings. The molecule has 2 fully saturated rings. The van der Waals surface area contributed by atoms with Crippen LogP contribution in [0, 0.1) is 0 Å². The van der Waals surface area contributed by atoms with Crippen molar-refractivity contribution in [3.8, 4) is 0 Å². The van der Waals surface area contributed by atoms with Crippen molar-refractivity contribution in [3.05, 3.63) is 65.2 Å². The minimum absolute atomic E-state index is 0.436. The molecule has 0 N–H and O–H groups in total. The highest BCUT2D eigenvalue weighted by molar-refractivity contribution is 5.52. The highest BCUT2D eigenvalue weighted by atomic mass is 15.3. The Morgan fingerprint density at radius 1 is 0.786 bits per heavy atom. The van der Waals surface area contributed by atoms with E-state index < -0.39 is 0 Å². The van der Waals surface area contributed by atoms with Gasteiger partial charge in [0.15, 0.2) is 0 Å². The van der Waals surface area contributed by atoms with Gasteiger partial charge in [-0.2, -0.15) is 0 Å². The fourth-order valence-corrected chi connectivity index (χ4v) is 6.83. The van der Waals surface area contributed by atoms with Crippen molar-refractivity contribution >= 4 is 5.69 Å². The molecule has 0 saturated carbocycles. The summed E-state index contributed by atoms with van der Waals surface area (Å²) in [6.45, 7) is 3.77. The van der Waals surface area contributed by atoms with Crippen molar-refractivity contribution < 1.29 is 0 Å². The molecule has 2 saturated heterocycles. The van der Waals surface area contributed by atoms with Crippen LogP contribution in [-0.4, -0.2) is 30.1 Å². The molecule has 2 unspecified atom stereocenters. The third kappa shape index (κ3) is 2.57. The van der Waals surface area contributed by atoms with E-state index in [1.807, 2.05) is 0 Å². The van der Waals surface area contributed by atoms with Crippen LogP contribution < -0.4 is 4.90 Å². The Kier molecular flexibility index (Phi) is 4.04. The summed E-state index contributed by atoms with van der Waals surface area (Å²) in [4.78, 5) is 5.54. The first-order chi connectivity index (χ1) is 13.8. The van der Waals surface area contributed by atoms with Gasteiger partial charge < -0.3 is 4.90 Å². The van der Waals surface area contributed by atoms with Crippen LogP contribution in [0.15, 0.2) is 48.5 Å². The van der Waals surface area contributed by atoms with Crippen molar-refractivity contribution in [3.63, 3.8) is 0 Å². The summed E-state index contributed by atoms with van der Waals surface area (Å²) in [6, 6.07) is 19.0. The molecule has 28 heavy (non-hydrogen) atoms. The standard InChI is InChI=1S/C26H32N2/c1-2-9-22(10-3-1)28-19-16-26(28)14-17-27(18-15-26)24-13-12-21-7-4-6-20-8-5-11-23(24)25(20)21/h1-3,5,8-11,21,24H,4,6-7,12-19H2. The summed E-state index contributed by atoms with van der Waals surface area (Å²) in [5.41, 5.74) is 6.99. The lowest BCUT2D eigenvalue weighted by Gasteiger charge is -2.58. The normalized spacial score (nSPS) is 28.6. The van der Waals surface area contributed by atoms with Crippen molar-refractivity contribution in [1.29, 1.82) is 0 Å². The third-order valence-corrected chi connectivity index (χ3v) is 8.40. The van der Waals surface area contributed by atoms with Gasteiger partial charge in [-0.15, -0.1) is 0 Å². The molecular weight excluding hydrogens is 340 g/mol. The second kappa shape index (κ2) is 6.62. The zero-order valence-electron chi connectivity index (χ0n) is 16.9. The van der Waals surface area contributed by atoms with E-state index in [0.717, 1.165) is 5.92 Å². The third-order valence-electron chi connectivity index (χ3n) is 8.40. The molecule has 2 heterocycles. The maximum absolute atomic E-state index is 2.84. The number of rotatable bonds is 2. The first kappa shape index (κ1) is 17.1. The Labute approximate surface area is 169 Å². The highest BCUT2D eigenvalue weighted by Crippen LogP contribution is 2.49. The minimum atomic E-state index is 0.436. The van der Waals surface area contributed by atoms with Gasteiger partial charge in [-0.1, -0.05) is 36.4 Å². The number of aryl methyl sites for hydroxylation is 1. The summed E-state index contributed by atoms with van der Waals surface area (Å²) in [5.74, 6) is 0.854. The quantitative estimate of drug-likeness (QED) is 0.668. The highest BCUT2D eigenvalue weighted by Gasteiger charge is 2.47. The van der Waals surface area contributed by atoms with Crippen LogP contribution in [-0.2, 0) is 6.42 Å². The summed E-state index contributed by atoms with van der Waals surface area (Å²) >= 11 is 0. The van der Waals surface area contributed by atoms with Gasteiger partial charge in [-0.05, 0) is 86.1 Å². The van der Waals surface area contributed by atoms with Crippen LogP contribution in [0.2, 0.25) is 0 Å². The van der Waals surface area contributed by atoms with Crippen LogP contribution in [0.25, 0.3) is 0 Å². The van der Waals surface area contributed by atoms with Crippen LogP contribution in [0.1, 0.15) is 73.6 Å². The molecule has 0 bridgehead atoms. The minimum Gasteiger partial charge on any atom is -0.366 e. The summed E-state index contributed by atoms with van der Waals surface area (Å²) in [5, 5.41) is 0. The molecule has 2 nitrogen and oxygen atoms in total. The number of hydrogen-bond acceptors (Lipinski definition) is 2. The van der Waals surface area contributed by atoms with Gasteiger partial charge >= 0.3 is 0 Å². The predicted molar refractivity (Wildman–Crippen MR) is 116 cm³/mol. The molecule has 2 aliphatic heterocycles. The zero-order valence-corrected chi connectivity index (χ0v) is 16.9. The molecule has 1 spiro atoms. The van der Waals surface area contributed by atoms with Gasteiger partial charge in [0, 0.05) is 36.9 Å².